The minimum absolute atomic E-state index is 0.0615. The van der Waals surface area contributed by atoms with E-state index in [2.05, 4.69) is 17.9 Å². The number of amides is 1. The van der Waals surface area contributed by atoms with Gasteiger partial charge >= 0.3 is 0 Å². The predicted molar refractivity (Wildman–Crippen MR) is 69.6 cm³/mol. The Labute approximate surface area is 107 Å². The van der Waals surface area contributed by atoms with Gasteiger partial charge in [-0.15, -0.1) is 12.6 Å². The van der Waals surface area contributed by atoms with E-state index in [1.807, 2.05) is 18.2 Å². The average Bonchev–Trinajstić information content (AvgIpc) is 2.82. The molecule has 1 saturated heterocycles. The lowest BCUT2D eigenvalue weighted by molar-refractivity contribution is 0.0905. The molecule has 1 atom stereocenters. The Bertz CT molecular complexity index is 389. The van der Waals surface area contributed by atoms with E-state index in [4.69, 9.17) is 4.74 Å². The highest BCUT2D eigenvalue weighted by Crippen LogP contribution is 2.15. The third-order valence-electron chi connectivity index (χ3n) is 2.92. The minimum atomic E-state index is -0.0615. The summed E-state index contributed by atoms with van der Waals surface area (Å²) in [6.07, 6.45) is 3.46. The molecule has 0 radical (unpaired) electrons. The summed E-state index contributed by atoms with van der Waals surface area (Å²) in [6, 6.07) is 7.31. The van der Waals surface area contributed by atoms with Crippen LogP contribution < -0.4 is 5.32 Å². The number of nitrogens with one attached hydrogen (secondary N) is 1. The van der Waals surface area contributed by atoms with Gasteiger partial charge in [0.05, 0.1) is 11.7 Å². The van der Waals surface area contributed by atoms with E-state index in [1.165, 1.54) is 0 Å². The van der Waals surface area contributed by atoms with Gasteiger partial charge < -0.3 is 10.1 Å². The molecule has 0 aliphatic carbocycles. The van der Waals surface area contributed by atoms with Crippen LogP contribution in [0, 0.1) is 0 Å². The van der Waals surface area contributed by atoms with E-state index < -0.39 is 0 Å². The average molecular weight is 251 g/mol. The summed E-state index contributed by atoms with van der Waals surface area (Å²) in [4.78, 5) is 12.5. The maximum absolute atomic E-state index is 11.8. The van der Waals surface area contributed by atoms with Crippen LogP contribution in [-0.2, 0) is 4.74 Å². The number of carbonyl (C=O) groups excluding carboxylic acids is 1. The summed E-state index contributed by atoms with van der Waals surface area (Å²) >= 11 is 4.26. The van der Waals surface area contributed by atoms with Crippen LogP contribution in [0.1, 0.15) is 29.6 Å². The molecule has 1 aromatic carbocycles. The van der Waals surface area contributed by atoms with E-state index in [0.717, 1.165) is 25.9 Å². The number of hydrogen-bond donors (Lipinski definition) is 2. The van der Waals surface area contributed by atoms with E-state index >= 15 is 0 Å². The van der Waals surface area contributed by atoms with Crippen molar-refractivity contribution >= 4 is 18.5 Å². The normalized spacial score (nSPS) is 19.2. The third kappa shape index (κ3) is 3.48. The van der Waals surface area contributed by atoms with Crippen molar-refractivity contribution < 1.29 is 9.53 Å². The van der Waals surface area contributed by atoms with Gasteiger partial charge in [-0.25, -0.2) is 0 Å². The first-order valence-corrected chi connectivity index (χ1v) is 6.40. The lowest BCUT2D eigenvalue weighted by Crippen LogP contribution is -2.27. The van der Waals surface area contributed by atoms with Gasteiger partial charge in [0.1, 0.15) is 0 Å². The summed E-state index contributed by atoms with van der Waals surface area (Å²) in [5.41, 5.74) is 0.628. The number of ether oxygens (including phenoxy) is 1. The fourth-order valence-electron chi connectivity index (χ4n) is 1.98. The Hall–Kier alpha value is -1.00. The van der Waals surface area contributed by atoms with Crippen molar-refractivity contribution in [3.63, 3.8) is 0 Å². The highest BCUT2D eigenvalue weighted by atomic mass is 32.1. The van der Waals surface area contributed by atoms with Gasteiger partial charge in [-0.3, -0.25) is 4.79 Å². The smallest absolute Gasteiger partial charge is 0.252 e. The highest BCUT2D eigenvalue weighted by molar-refractivity contribution is 7.80. The minimum Gasteiger partial charge on any atom is -0.378 e. The van der Waals surface area contributed by atoms with Gasteiger partial charge in [-0.1, -0.05) is 12.1 Å². The van der Waals surface area contributed by atoms with E-state index in [-0.39, 0.29) is 5.91 Å². The maximum atomic E-state index is 11.8. The molecule has 1 fully saturated rings. The lowest BCUT2D eigenvalue weighted by Gasteiger charge is -2.10. The van der Waals surface area contributed by atoms with Crippen LogP contribution >= 0.6 is 12.6 Å². The fraction of sp³-hybridized carbons (Fsp3) is 0.462. The first kappa shape index (κ1) is 12.5. The van der Waals surface area contributed by atoms with Crippen molar-refractivity contribution in [2.45, 2.75) is 30.3 Å². The first-order chi connectivity index (χ1) is 8.27. The molecule has 1 heterocycles. The second kappa shape index (κ2) is 6.07. The van der Waals surface area contributed by atoms with Gasteiger partial charge in [0.2, 0.25) is 0 Å². The molecule has 0 spiro atoms. The Morgan fingerprint density at radius 2 is 2.29 bits per heavy atom. The van der Waals surface area contributed by atoms with Crippen LogP contribution in [0.25, 0.3) is 0 Å². The zero-order valence-electron chi connectivity index (χ0n) is 9.69. The standard InChI is InChI=1S/C13H17NO2S/c15-13(11-5-1-2-6-12(11)17)14-8-7-10-4-3-9-16-10/h1-2,5-6,10,17H,3-4,7-9H2,(H,14,15). The van der Waals surface area contributed by atoms with Crippen LogP contribution in [-0.4, -0.2) is 25.2 Å². The van der Waals surface area contributed by atoms with Crippen LogP contribution in [0.2, 0.25) is 0 Å². The Kier molecular flexibility index (Phi) is 4.45. The second-order valence-electron chi connectivity index (χ2n) is 4.20. The predicted octanol–water partition coefficient (Wildman–Crippen LogP) is 2.27. The molecule has 17 heavy (non-hydrogen) atoms. The van der Waals surface area contributed by atoms with Gasteiger partial charge in [-0.05, 0) is 31.4 Å². The Balaban J connectivity index is 1.79. The SMILES string of the molecule is O=C(NCCC1CCCO1)c1ccccc1S. The number of rotatable bonds is 4. The molecule has 4 heteroatoms. The van der Waals surface area contributed by atoms with E-state index in [9.17, 15) is 4.79 Å². The van der Waals surface area contributed by atoms with Crippen molar-refractivity contribution in [1.29, 1.82) is 0 Å². The van der Waals surface area contributed by atoms with Gasteiger partial charge in [0, 0.05) is 18.0 Å². The first-order valence-electron chi connectivity index (χ1n) is 5.95. The molecule has 1 aromatic rings. The molecule has 2 rings (SSSR count). The Morgan fingerprint density at radius 1 is 1.47 bits per heavy atom. The molecule has 3 nitrogen and oxygen atoms in total. The second-order valence-corrected chi connectivity index (χ2v) is 4.68. The molecule has 1 N–H and O–H groups in total. The van der Waals surface area contributed by atoms with Crippen LogP contribution in [0.5, 0.6) is 0 Å². The van der Waals surface area contributed by atoms with Crippen molar-refractivity contribution in [3.8, 4) is 0 Å². The number of thiol groups is 1. The number of carbonyl (C=O) groups is 1. The quantitative estimate of drug-likeness (QED) is 0.806. The Morgan fingerprint density at radius 3 is 3.00 bits per heavy atom. The van der Waals surface area contributed by atoms with Gasteiger partial charge in [-0.2, -0.15) is 0 Å². The summed E-state index contributed by atoms with van der Waals surface area (Å²) in [6.45, 7) is 1.52. The molecule has 1 aliphatic rings. The topological polar surface area (TPSA) is 38.3 Å². The molecule has 92 valence electrons. The van der Waals surface area contributed by atoms with Crippen LogP contribution in [0.15, 0.2) is 29.2 Å². The molecule has 1 unspecified atom stereocenters. The van der Waals surface area contributed by atoms with Crippen molar-refractivity contribution in [1.82, 2.24) is 5.32 Å². The summed E-state index contributed by atoms with van der Waals surface area (Å²) < 4.78 is 5.50. The van der Waals surface area contributed by atoms with Crippen molar-refractivity contribution in [3.05, 3.63) is 29.8 Å². The van der Waals surface area contributed by atoms with E-state index in [1.54, 1.807) is 6.07 Å². The maximum Gasteiger partial charge on any atom is 0.252 e. The molecular formula is C13H17NO2S. The lowest BCUT2D eigenvalue weighted by atomic mass is 10.1. The molecule has 0 bridgehead atoms. The number of hydrogen-bond acceptors (Lipinski definition) is 3. The van der Waals surface area contributed by atoms with Gasteiger partial charge in [0.25, 0.3) is 5.91 Å². The fourth-order valence-corrected chi connectivity index (χ4v) is 2.24. The molecule has 1 amide bonds. The van der Waals surface area contributed by atoms with Crippen molar-refractivity contribution in [2.75, 3.05) is 13.2 Å². The van der Waals surface area contributed by atoms with Crippen LogP contribution in [0.3, 0.4) is 0 Å². The van der Waals surface area contributed by atoms with Crippen molar-refractivity contribution in [2.24, 2.45) is 0 Å². The van der Waals surface area contributed by atoms with E-state index in [0.29, 0.717) is 23.1 Å². The molecule has 1 aliphatic heterocycles. The van der Waals surface area contributed by atoms with Gasteiger partial charge in [0.15, 0.2) is 0 Å². The third-order valence-corrected chi connectivity index (χ3v) is 3.31. The zero-order chi connectivity index (χ0) is 12.1. The molecule has 0 saturated carbocycles. The summed E-state index contributed by atoms with van der Waals surface area (Å²) in [5, 5.41) is 2.90. The molecular weight excluding hydrogens is 234 g/mol. The summed E-state index contributed by atoms with van der Waals surface area (Å²) in [7, 11) is 0. The monoisotopic (exact) mass is 251 g/mol. The number of benzene rings is 1. The van der Waals surface area contributed by atoms with Crippen LogP contribution in [0.4, 0.5) is 0 Å². The largest absolute Gasteiger partial charge is 0.378 e. The zero-order valence-corrected chi connectivity index (χ0v) is 10.6. The molecule has 0 aromatic heterocycles. The summed E-state index contributed by atoms with van der Waals surface area (Å²) in [5.74, 6) is -0.0615. The highest BCUT2D eigenvalue weighted by Gasteiger charge is 2.15.